The second kappa shape index (κ2) is 7.36. The van der Waals surface area contributed by atoms with Gasteiger partial charge < -0.3 is 0 Å². The van der Waals surface area contributed by atoms with Crippen LogP contribution < -0.4 is 0 Å². The molecule has 5 unspecified atom stereocenters. The molecule has 2 fully saturated rings. The topological polar surface area (TPSA) is 0 Å². The Morgan fingerprint density at radius 2 is 1.70 bits per heavy atom. The van der Waals surface area contributed by atoms with Gasteiger partial charge in [-0.1, -0.05) is 90.3 Å². The lowest BCUT2D eigenvalue weighted by molar-refractivity contribution is 0.136. The Bertz CT molecular complexity index is 287. The van der Waals surface area contributed by atoms with Crippen molar-refractivity contribution in [3.05, 3.63) is 0 Å². The summed E-state index contributed by atoms with van der Waals surface area (Å²) in [6.07, 6.45) is 15.2. The zero-order chi connectivity index (χ0) is 14.6. The van der Waals surface area contributed by atoms with Crippen molar-refractivity contribution in [1.29, 1.82) is 0 Å². The fourth-order valence-corrected chi connectivity index (χ4v) is 5.48. The molecule has 0 amide bonds. The lowest BCUT2D eigenvalue weighted by atomic mass is 9.50. The van der Waals surface area contributed by atoms with Gasteiger partial charge in [-0.05, 0) is 30.1 Å². The van der Waals surface area contributed by atoms with E-state index >= 15 is 0 Å². The van der Waals surface area contributed by atoms with E-state index in [9.17, 15) is 0 Å². The Balaban J connectivity index is 2.14. The third-order valence-electron chi connectivity index (χ3n) is 6.59. The third-order valence-corrected chi connectivity index (χ3v) is 6.59. The minimum absolute atomic E-state index is 0.117. The maximum atomic E-state index is 7.03. The predicted octanol–water partition coefficient (Wildman–Crippen LogP) is 6.16. The van der Waals surface area contributed by atoms with Crippen LogP contribution in [0.25, 0.3) is 0 Å². The lowest BCUT2D eigenvalue weighted by Gasteiger charge is -2.45. The zero-order valence-electron chi connectivity index (χ0n) is 14.2. The number of rotatable bonds is 6. The van der Waals surface area contributed by atoms with E-state index in [2.05, 4.69) is 20.8 Å². The fraction of sp³-hybridized carbons (Fsp3) is 1.00. The van der Waals surface area contributed by atoms with Crippen LogP contribution in [0.1, 0.15) is 91.4 Å². The molecule has 1 heteroatoms. The Hall–Kier alpha value is 0.0649. The van der Waals surface area contributed by atoms with E-state index in [0.29, 0.717) is 0 Å². The molecule has 2 aliphatic rings. The molecule has 0 saturated heterocycles. The van der Waals surface area contributed by atoms with E-state index in [0.717, 1.165) is 23.7 Å². The molecular formula is C19H35B. The summed E-state index contributed by atoms with van der Waals surface area (Å²) < 4.78 is 0. The predicted molar refractivity (Wildman–Crippen MR) is 90.2 cm³/mol. The van der Waals surface area contributed by atoms with Gasteiger partial charge in [-0.25, -0.2) is 0 Å². The van der Waals surface area contributed by atoms with Gasteiger partial charge in [0.25, 0.3) is 0 Å². The monoisotopic (exact) mass is 274 g/mol. The van der Waals surface area contributed by atoms with Gasteiger partial charge in [-0.3, -0.25) is 0 Å². The molecule has 2 saturated carbocycles. The van der Waals surface area contributed by atoms with Crippen LogP contribution in [-0.4, -0.2) is 7.85 Å². The van der Waals surface area contributed by atoms with Gasteiger partial charge in [0.05, 0.1) is 7.85 Å². The first-order chi connectivity index (χ1) is 9.62. The second-order valence-corrected chi connectivity index (χ2v) is 7.83. The molecule has 0 spiro atoms. The number of unbranched alkanes of at least 4 members (excludes halogenated alkanes) is 2. The maximum absolute atomic E-state index is 7.03. The van der Waals surface area contributed by atoms with E-state index in [1.807, 2.05) is 0 Å². The lowest BCUT2D eigenvalue weighted by Crippen LogP contribution is -2.35. The van der Waals surface area contributed by atoms with Crippen molar-refractivity contribution in [3.8, 4) is 0 Å². The summed E-state index contributed by atoms with van der Waals surface area (Å²) in [5.41, 5.74) is 0. The van der Waals surface area contributed by atoms with Crippen molar-refractivity contribution in [2.24, 2.45) is 23.7 Å². The van der Waals surface area contributed by atoms with Crippen LogP contribution in [0.4, 0.5) is 0 Å². The molecule has 5 atom stereocenters. The van der Waals surface area contributed by atoms with Crippen molar-refractivity contribution in [3.63, 3.8) is 0 Å². The summed E-state index contributed by atoms with van der Waals surface area (Å²) in [6, 6.07) is 0. The third kappa shape index (κ3) is 3.45. The standard InChI is InChI=1S/C19H35B/c1-4-6-7-14-19(20,5-2)18-15(3)10-8-11-16-12-9-13-17(16)18/h15-18H,4-14H2,1-3H3. The normalized spacial score (nSPS) is 37.1. The number of hydrogen-bond donors (Lipinski definition) is 0. The second-order valence-electron chi connectivity index (χ2n) is 7.83. The molecule has 114 valence electrons. The van der Waals surface area contributed by atoms with Crippen LogP contribution in [0.5, 0.6) is 0 Å². The Kier molecular flexibility index (Phi) is 6.05. The van der Waals surface area contributed by atoms with Gasteiger partial charge in [0, 0.05) is 0 Å². The van der Waals surface area contributed by atoms with E-state index in [-0.39, 0.29) is 5.31 Å². The zero-order valence-corrected chi connectivity index (χ0v) is 14.2. The Morgan fingerprint density at radius 3 is 2.35 bits per heavy atom. The molecule has 20 heavy (non-hydrogen) atoms. The summed E-state index contributed by atoms with van der Waals surface area (Å²) in [5.74, 6) is 3.58. The quantitative estimate of drug-likeness (QED) is 0.402. The summed E-state index contributed by atoms with van der Waals surface area (Å²) in [5, 5.41) is 0.117. The van der Waals surface area contributed by atoms with Crippen molar-refractivity contribution in [1.82, 2.24) is 0 Å². The molecule has 0 aromatic carbocycles. The smallest absolute Gasteiger partial charge is 0.0656 e. The van der Waals surface area contributed by atoms with Crippen LogP contribution >= 0.6 is 0 Å². The number of hydrogen-bond acceptors (Lipinski definition) is 0. The Labute approximate surface area is 128 Å². The van der Waals surface area contributed by atoms with Crippen molar-refractivity contribution >= 4 is 7.85 Å². The van der Waals surface area contributed by atoms with Crippen LogP contribution in [0.3, 0.4) is 0 Å². The first-order valence-corrected chi connectivity index (χ1v) is 9.41. The SMILES string of the molecule is [B]C(CC)(CCCCC)C1C(C)CCCC2CCCC21. The number of fused-ring (bicyclic) bond motifs is 1. The summed E-state index contributed by atoms with van der Waals surface area (Å²) in [4.78, 5) is 0. The molecule has 2 aliphatic carbocycles. The molecule has 2 radical (unpaired) electrons. The highest BCUT2D eigenvalue weighted by Crippen LogP contribution is 2.57. The van der Waals surface area contributed by atoms with Gasteiger partial charge in [-0.15, -0.1) is 0 Å². The van der Waals surface area contributed by atoms with Gasteiger partial charge in [0.2, 0.25) is 0 Å². The average molecular weight is 274 g/mol. The first kappa shape index (κ1) is 16.4. The van der Waals surface area contributed by atoms with Gasteiger partial charge >= 0.3 is 0 Å². The van der Waals surface area contributed by atoms with E-state index in [4.69, 9.17) is 7.85 Å². The summed E-state index contributed by atoms with van der Waals surface area (Å²) in [6.45, 7) is 7.14. The highest BCUT2D eigenvalue weighted by Gasteiger charge is 2.45. The van der Waals surface area contributed by atoms with Gasteiger partial charge in [0.1, 0.15) is 0 Å². The van der Waals surface area contributed by atoms with E-state index < -0.39 is 0 Å². The molecule has 0 nitrogen and oxygen atoms in total. The van der Waals surface area contributed by atoms with Gasteiger partial charge in [-0.2, -0.15) is 0 Å². The molecule has 0 aromatic heterocycles. The molecule has 0 N–H and O–H groups in total. The minimum Gasteiger partial charge on any atom is -0.0656 e. The van der Waals surface area contributed by atoms with Crippen molar-refractivity contribution < 1.29 is 0 Å². The first-order valence-electron chi connectivity index (χ1n) is 9.41. The van der Waals surface area contributed by atoms with Crippen LogP contribution in [0.2, 0.25) is 5.31 Å². The summed E-state index contributed by atoms with van der Waals surface area (Å²) in [7, 11) is 7.03. The molecule has 0 heterocycles. The molecule has 0 aliphatic heterocycles. The van der Waals surface area contributed by atoms with E-state index in [1.54, 1.807) is 0 Å². The fourth-order valence-electron chi connectivity index (χ4n) is 5.48. The van der Waals surface area contributed by atoms with Crippen molar-refractivity contribution in [2.75, 3.05) is 0 Å². The average Bonchev–Trinajstić information content (AvgIpc) is 2.81. The summed E-state index contributed by atoms with van der Waals surface area (Å²) >= 11 is 0. The Morgan fingerprint density at radius 1 is 1.00 bits per heavy atom. The minimum atomic E-state index is 0.117. The van der Waals surface area contributed by atoms with Gasteiger partial charge in [0.15, 0.2) is 0 Å². The molecule has 0 aromatic rings. The molecule has 2 rings (SSSR count). The van der Waals surface area contributed by atoms with Crippen LogP contribution in [-0.2, 0) is 0 Å². The highest BCUT2D eigenvalue weighted by atomic mass is 14.5. The molecule has 0 bridgehead atoms. The largest absolute Gasteiger partial charge is 0.0750 e. The molecular weight excluding hydrogens is 239 g/mol. The maximum Gasteiger partial charge on any atom is 0.0750 e. The van der Waals surface area contributed by atoms with Crippen molar-refractivity contribution in [2.45, 2.75) is 96.7 Å². The highest BCUT2D eigenvalue weighted by molar-refractivity contribution is 6.15. The van der Waals surface area contributed by atoms with Crippen LogP contribution in [0, 0.1) is 23.7 Å². The van der Waals surface area contributed by atoms with E-state index in [1.165, 1.54) is 70.6 Å². The van der Waals surface area contributed by atoms with Crippen LogP contribution in [0.15, 0.2) is 0 Å².